The highest BCUT2D eigenvalue weighted by atomic mass is 16.4. The number of hydrogen-bond acceptors (Lipinski definition) is 7. The average Bonchev–Trinajstić information content (AvgIpc) is 3.44. The molecule has 7 rings (SSSR count). The third-order valence-corrected chi connectivity index (χ3v) is 10.6. The lowest BCUT2D eigenvalue weighted by Gasteiger charge is -2.06. The SMILES string of the molecule is C#Cc1cc(C(C)=O)c(C(=O)O)cc1C#C.C#Cc1ccc(C(C)=O)cc1C#C.CC(=O)c1cc(C#Cc2ccccc2)c(C#Cc2ccccc2)cc1C(=O)O.CC(=O)c1ccc(C#Cc2ccccc2)cc1C(=O)O. The lowest BCUT2D eigenvalue weighted by Crippen LogP contribution is -2.08. The molecule has 10 nitrogen and oxygen atoms in total. The number of carboxylic acid groups (broad SMARTS) is 3. The van der Waals surface area contributed by atoms with Crippen LogP contribution in [0.3, 0.4) is 0 Å². The third-order valence-electron chi connectivity index (χ3n) is 10.6. The standard InChI is InChI=1S/C25H16O3.C17H12O3.C13H8O3.C12H8O/c1-18(26)23-16-21(14-12-19-8-4-2-5-9-19)22(17-24(23)25(27)28)15-13-20-10-6-3-7-11-20;1-12(18)15-10-9-14(11-16(15)17(19)20)8-7-13-5-3-2-4-6-13;1-4-9-6-11(8(3)14)12(13(15)16)7-10(9)5-2;1-4-10-6-7-12(9(3)13)8-11(10)5-2/h2-11,16-17H,1H3,(H,27,28);2-6,9-11H,1H3,(H,19,20);1-2,6-7H,3H3,(H,15,16);1-2,6-8H,3H3. The van der Waals surface area contributed by atoms with Crippen LogP contribution in [0.1, 0.15) is 156 Å². The Kier molecular flexibility index (Phi) is 21.6. The van der Waals surface area contributed by atoms with Gasteiger partial charge in [-0.05, 0) is 119 Å². The summed E-state index contributed by atoms with van der Waals surface area (Å²) in [6.45, 7) is 5.45. The Labute approximate surface area is 446 Å². The minimum absolute atomic E-state index is 0.0138. The second-order valence-corrected chi connectivity index (χ2v) is 16.0. The van der Waals surface area contributed by atoms with Crippen LogP contribution >= 0.6 is 0 Å². The summed E-state index contributed by atoms with van der Waals surface area (Å²) in [6.07, 6.45) is 20.9. The summed E-state index contributed by atoms with van der Waals surface area (Å²) in [4.78, 5) is 79.2. The zero-order chi connectivity index (χ0) is 56.6. The fourth-order valence-corrected chi connectivity index (χ4v) is 6.68. The Balaban J connectivity index is 0.000000231. The van der Waals surface area contributed by atoms with Gasteiger partial charge in [-0.2, -0.15) is 0 Å². The number of Topliss-reactive ketones (excluding diaryl/α,β-unsaturated/α-hetero) is 4. The van der Waals surface area contributed by atoms with Gasteiger partial charge in [-0.25, -0.2) is 14.4 Å². The van der Waals surface area contributed by atoms with Crippen LogP contribution in [0.25, 0.3) is 0 Å². The van der Waals surface area contributed by atoms with Gasteiger partial charge in [0.15, 0.2) is 23.1 Å². The molecule has 3 N–H and O–H groups in total. The Bertz CT molecular complexity index is 3690. The van der Waals surface area contributed by atoms with Crippen molar-refractivity contribution in [1.82, 2.24) is 0 Å². The molecule has 0 aliphatic heterocycles. The molecule has 0 aliphatic carbocycles. The van der Waals surface area contributed by atoms with Crippen molar-refractivity contribution in [2.45, 2.75) is 27.7 Å². The minimum atomic E-state index is -1.20. The molecule has 0 aliphatic rings. The highest BCUT2D eigenvalue weighted by Crippen LogP contribution is 2.20. The lowest BCUT2D eigenvalue weighted by atomic mass is 9.96. The van der Waals surface area contributed by atoms with E-state index in [4.69, 9.17) is 35.9 Å². The zero-order valence-corrected chi connectivity index (χ0v) is 41.9. The fraction of sp³-hybridized carbons (Fsp3) is 0.0597. The van der Waals surface area contributed by atoms with Gasteiger partial charge in [0.2, 0.25) is 0 Å². The molecule has 0 unspecified atom stereocenters. The maximum atomic E-state index is 11.9. The Morgan fingerprint density at radius 3 is 0.987 bits per heavy atom. The van der Waals surface area contributed by atoms with Crippen molar-refractivity contribution in [1.29, 1.82) is 0 Å². The number of aromatic carboxylic acids is 3. The van der Waals surface area contributed by atoms with Crippen molar-refractivity contribution >= 4 is 41.0 Å². The van der Waals surface area contributed by atoms with E-state index in [1.807, 2.05) is 91.0 Å². The second-order valence-electron chi connectivity index (χ2n) is 16.0. The number of ketones is 4. The smallest absolute Gasteiger partial charge is 0.336 e. The van der Waals surface area contributed by atoms with Gasteiger partial charge in [0.1, 0.15) is 0 Å². The molecule has 7 aromatic rings. The molecule has 0 radical (unpaired) electrons. The fourth-order valence-electron chi connectivity index (χ4n) is 6.68. The molecule has 0 saturated carbocycles. The van der Waals surface area contributed by atoms with Gasteiger partial charge in [0.05, 0.1) is 16.7 Å². The van der Waals surface area contributed by atoms with Gasteiger partial charge in [-0.1, -0.05) is 120 Å². The van der Waals surface area contributed by atoms with E-state index < -0.39 is 17.9 Å². The Morgan fingerprint density at radius 2 is 0.623 bits per heavy atom. The van der Waals surface area contributed by atoms with Gasteiger partial charge >= 0.3 is 17.9 Å². The summed E-state index contributed by atoms with van der Waals surface area (Å²) in [5.74, 6) is 23.0. The molecular weight excluding hydrogens is 965 g/mol. The van der Waals surface area contributed by atoms with Crippen LogP contribution in [0.2, 0.25) is 0 Å². The van der Waals surface area contributed by atoms with E-state index in [2.05, 4.69) is 59.2 Å². The van der Waals surface area contributed by atoms with Crippen LogP contribution < -0.4 is 0 Å². The number of carbonyl (C=O) groups is 7. The summed E-state index contributed by atoms with van der Waals surface area (Å²) >= 11 is 0. The predicted molar refractivity (Wildman–Crippen MR) is 296 cm³/mol. The van der Waals surface area contributed by atoms with E-state index in [-0.39, 0.29) is 56.5 Å². The van der Waals surface area contributed by atoms with E-state index >= 15 is 0 Å². The summed E-state index contributed by atoms with van der Waals surface area (Å²) < 4.78 is 0. The van der Waals surface area contributed by atoms with Gasteiger partial charge < -0.3 is 15.3 Å². The van der Waals surface area contributed by atoms with Crippen molar-refractivity contribution in [2.24, 2.45) is 0 Å². The number of hydrogen-bond donors (Lipinski definition) is 3. The van der Waals surface area contributed by atoms with Crippen molar-refractivity contribution < 1.29 is 48.9 Å². The molecule has 0 bridgehead atoms. The predicted octanol–water partition coefficient (Wildman–Crippen LogP) is 10.8. The molecule has 10 heteroatoms. The average molecular weight is 1010 g/mol. The van der Waals surface area contributed by atoms with E-state index in [1.165, 1.54) is 64.1 Å². The first-order valence-corrected chi connectivity index (χ1v) is 22.8. The number of benzene rings is 7. The molecule has 0 spiro atoms. The normalized spacial score (nSPS) is 9.19. The molecule has 0 heterocycles. The molecule has 77 heavy (non-hydrogen) atoms. The molecule has 372 valence electrons. The first kappa shape index (κ1) is 58.1. The lowest BCUT2D eigenvalue weighted by molar-refractivity contribution is 0.0683. The molecule has 0 amide bonds. The summed E-state index contributed by atoms with van der Waals surface area (Å²) in [5, 5.41) is 27.5. The minimum Gasteiger partial charge on any atom is -0.478 e. The highest BCUT2D eigenvalue weighted by Gasteiger charge is 2.18. The van der Waals surface area contributed by atoms with Crippen LogP contribution in [0.5, 0.6) is 0 Å². The Hall–Kier alpha value is -11.5. The van der Waals surface area contributed by atoms with Gasteiger partial charge in [0.25, 0.3) is 0 Å². The summed E-state index contributed by atoms with van der Waals surface area (Å²) in [6, 6.07) is 43.3. The molecule has 0 saturated heterocycles. The van der Waals surface area contributed by atoms with Crippen molar-refractivity contribution in [3.8, 4) is 84.9 Å². The zero-order valence-electron chi connectivity index (χ0n) is 41.9. The van der Waals surface area contributed by atoms with E-state index in [0.29, 0.717) is 44.5 Å². The van der Waals surface area contributed by atoms with Gasteiger partial charge in [-0.3, -0.25) is 19.2 Å². The summed E-state index contributed by atoms with van der Waals surface area (Å²) in [7, 11) is 0. The third kappa shape index (κ3) is 17.1. The number of rotatable bonds is 7. The number of terminal acetylenes is 4. The highest BCUT2D eigenvalue weighted by molar-refractivity contribution is 6.07. The van der Waals surface area contributed by atoms with Crippen LogP contribution in [-0.2, 0) is 0 Å². The van der Waals surface area contributed by atoms with E-state index in [0.717, 1.165) is 16.7 Å². The van der Waals surface area contributed by atoms with E-state index in [9.17, 15) is 38.7 Å². The number of carbonyl (C=O) groups excluding carboxylic acids is 4. The quantitative estimate of drug-likeness (QED) is 0.103. The van der Waals surface area contributed by atoms with Gasteiger partial charge in [0, 0.05) is 77.9 Å². The topological polar surface area (TPSA) is 180 Å². The molecule has 0 fully saturated rings. The Morgan fingerprint density at radius 1 is 0.299 bits per heavy atom. The molecule has 0 aromatic heterocycles. The largest absolute Gasteiger partial charge is 0.478 e. The van der Waals surface area contributed by atoms with Crippen LogP contribution in [0, 0.1) is 84.9 Å². The second kappa shape index (κ2) is 28.6. The van der Waals surface area contributed by atoms with Crippen molar-refractivity contribution in [2.75, 3.05) is 0 Å². The number of carboxylic acids is 3. The van der Waals surface area contributed by atoms with Crippen molar-refractivity contribution in [3.05, 3.63) is 246 Å². The molecule has 0 atom stereocenters. The first-order chi connectivity index (χ1) is 36.8. The van der Waals surface area contributed by atoms with Crippen LogP contribution in [-0.4, -0.2) is 56.4 Å². The maximum Gasteiger partial charge on any atom is 0.336 e. The van der Waals surface area contributed by atoms with Crippen LogP contribution in [0.4, 0.5) is 0 Å². The first-order valence-electron chi connectivity index (χ1n) is 22.8. The van der Waals surface area contributed by atoms with Gasteiger partial charge in [-0.15, -0.1) is 25.7 Å². The summed E-state index contributed by atoms with van der Waals surface area (Å²) in [5.41, 5.74) is 6.66. The van der Waals surface area contributed by atoms with Crippen molar-refractivity contribution in [3.63, 3.8) is 0 Å². The van der Waals surface area contributed by atoms with Crippen LogP contribution in [0.15, 0.2) is 152 Å². The molecular formula is C67H44O10. The maximum absolute atomic E-state index is 11.9. The monoisotopic (exact) mass is 1010 g/mol. The molecule has 7 aromatic carbocycles. The van der Waals surface area contributed by atoms with E-state index in [1.54, 1.807) is 24.3 Å².